The molecule has 0 bridgehead atoms. The lowest BCUT2D eigenvalue weighted by Crippen LogP contribution is -2.26. The Bertz CT molecular complexity index is 378. The van der Waals surface area contributed by atoms with E-state index in [2.05, 4.69) is 24.0 Å². The molecule has 1 aromatic carbocycles. The average molecular weight is 234 g/mol. The highest BCUT2D eigenvalue weighted by molar-refractivity contribution is 5.35. The van der Waals surface area contributed by atoms with Crippen molar-refractivity contribution in [3.8, 4) is 5.75 Å². The number of ether oxygens (including phenoxy) is 1. The third-order valence-corrected chi connectivity index (χ3v) is 3.50. The number of benzene rings is 1. The van der Waals surface area contributed by atoms with Gasteiger partial charge in [-0.25, -0.2) is 0 Å². The number of hydrogen-bond acceptors (Lipinski definition) is 3. The fraction of sp³-hybridized carbons (Fsp3) is 0.571. The van der Waals surface area contributed by atoms with Crippen molar-refractivity contribution in [3.05, 3.63) is 29.3 Å². The summed E-state index contributed by atoms with van der Waals surface area (Å²) in [6.07, 6.45) is 2.17. The van der Waals surface area contributed by atoms with Crippen LogP contribution in [-0.4, -0.2) is 31.1 Å². The zero-order chi connectivity index (χ0) is 12.3. The monoisotopic (exact) mass is 234 g/mol. The maximum atomic E-state index is 5.93. The van der Waals surface area contributed by atoms with Gasteiger partial charge in [-0.15, -0.1) is 0 Å². The van der Waals surface area contributed by atoms with E-state index < -0.39 is 0 Å². The smallest absolute Gasteiger partial charge is 0.119 e. The molecule has 0 amide bonds. The van der Waals surface area contributed by atoms with Crippen LogP contribution in [0.2, 0.25) is 0 Å². The Labute approximate surface area is 104 Å². The van der Waals surface area contributed by atoms with Gasteiger partial charge in [0.1, 0.15) is 5.75 Å². The van der Waals surface area contributed by atoms with Crippen LogP contribution in [0.5, 0.6) is 5.75 Å². The molecule has 1 heterocycles. The van der Waals surface area contributed by atoms with Gasteiger partial charge in [-0.3, -0.25) is 4.90 Å². The van der Waals surface area contributed by atoms with Crippen LogP contribution in [0.3, 0.4) is 0 Å². The van der Waals surface area contributed by atoms with E-state index in [-0.39, 0.29) is 0 Å². The number of aryl methyl sites for hydroxylation is 1. The van der Waals surface area contributed by atoms with E-state index in [1.807, 2.05) is 6.07 Å². The number of nitrogens with two attached hydrogens (primary N) is 1. The molecule has 2 rings (SSSR count). The van der Waals surface area contributed by atoms with Gasteiger partial charge in [0.15, 0.2) is 0 Å². The van der Waals surface area contributed by atoms with Crippen molar-refractivity contribution in [1.82, 2.24) is 4.90 Å². The molecule has 1 atom stereocenters. The zero-order valence-corrected chi connectivity index (χ0v) is 10.8. The standard InChI is InChI=1S/C14H22N2O/c1-3-11-8-14(17-2)5-4-12(11)9-16-7-6-13(15)10-16/h4-5,8,13H,3,6-7,9-10,15H2,1-2H3/t13-/m1/s1. The average Bonchev–Trinajstić information content (AvgIpc) is 2.75. The van der Waals surface area contributed by atoms with Crippen molar-refractivity contribution < 1.29 is 4.74 Å². The molecule has 3 heteroatoms. The SMILES string of the molecule is CCc1cc(OC)ccc1CN1CC[C@@H](N)C1. The molecular formula is C14H22N2O. The lowest BCUT2D eigenvalue weighted by atomic mass is 10.0. The maximum absolute atomic E-state index is 5.93. The molecule has 1 aliphatic heterocycles. The highest BCUT2D eigenvalue weighted by Gasteiger charge is 2.19. The fourth-order valence-electron chi connectivity index (χ4n) is 2.46. The van der Waals surface area contributed by atoms with E-state index in [4.69, 9.17) is 10.5 Å². The summed E-state index contributed by atoms with van der Waals surface area (Å²) in [5.74, 6) is 0.948. The molecular weight excluding hydrogens is 212 g/mol. The first-order valence-electron chi connectivity index (χ1n) is 6.36. The summed E-state index contributed by atoms with van der Waals surface area (Å²) >= 11 is 0. The van der Waals surface area contributed by atoms with Gasteiger partial charge in [-0.2, -0.15) is 0 Å². The molecule has 94 valence electrons. The summed E-state index contributed by atoms with van der Waals surface area (Å²) in [7, 11) is 1.72. The molecule has 0 saturated carbocycles. The van der Waals surface area contributed by atoms with Gasteiger partial charge in [0.2, 0.25) is 0 Å². The Balaban J connectivity index is 2.09. The Kier molecular flexibility index (Phi) is 4.02. The molecule has 1 aliphatic rings. The normalized spacial score (nSPS) is 20.8. The van der Waals surface area contributed by atoms with Crippen molar-refractivity contribution in [2.45, 2.75) is 32.4 Å². The minimum absolute atomic E-state index is 0.360. The zero-order valence-electron chi connectivity index (χ0n) is 10.8. The molecule has 1 aromatic rings. The minimum Gasteiger partial charge on any atom is -0.497 e. The lowest BCUT2D eigenvalue weighted by Gasteiger charge is -2.18. The summed E-state index contributed by atoms with van der Waals surface area (Å²) in [5, 5.41) is 0. The molecule has 0 aliphatic carbocycles. The van der Waals surface area contributed by atoms with Gasteiger partial charge in [0.25, 0.3) is 0 Å². The number of nitrogens with zero attached hydrogens (tertiary/aromatic N) is 1. The van der Waals surface area contributed by atoms with E-state index >= 15 is 0 Å². The summed E-state index contributed by atoms with van der Waals surface area (Å²) in [5.41, 5.74) is 8.72. The van der Waals surface area contributed by atoms with E-state index in [9.17, 15) is 0 Å². The van der Waals surface area contributed by atoms with Gasteiger partial charge < -0.3 is 10.5 Å². The van der Waals surface area contributed by atoms with Crippen molar-refractivity contribution in [1.29, 1.82) is 0 Å². The highest BCUT2D eigenvalue weighted by Crippen LogP contribution is 2.21. The largest absolute Gasteiger partial charge is 0.497 e. The molecule has 0 aromatic heterocycles. The van der Waals surface area contributed by atoms with Crippen molar-refractivity contribution in [2.24, 2.45) is 5.73 Å². The van der Waals surface area contributed by atoms with E-state index in [0.717, 1.165) is 38.2 Å². The van der Waals surface area contributed by atoms with Crippen LogP contribution in [0.4, 0.5) is 0 Å². The first-order chi connectivity index (χ1) is 8.22. The number of rotatable bonds is 4. The Morgan fingerprint density at radius 2 is 2.24 bits per heavy atom. The molecule has 2 N–H and O–H groups in total. The predicted octanol–water partition coefficient (Wildman–Crippen LogP) is 1.79. The fourth-order valence-corrected chi connectivity index (χ4v) is 2.46. The number of methoxy groups -OCH3 is 1. The van der Waals surface area contributed by atoms with Crippen LogP contribution in [-0.2, 0) is 13.0 Å². The van der Waals surface area contributed by atoms with Gasteiger partial charge in [0, 0.05) is 25.7 Å². The quantitative estimate of drug-likeness (QED) is 0.863. The van der Waals surface area contributed by atoms with Crippen molar-refractivity contribution in [2.75, 3.05) is 20.2 Å². The second-order valence-corrected chi connectivity index (χ2v) is 4.77. The Morgan fingerprint density at radius 1 is 1.41 bits per heavy atom. The molecule has 17 heavy (non-hydrogen) atoms. The first-order valence-corrected chi connectivity index (χ1v) is 6.36. The third kappa shape index (κ3) is 2.99. The van der Waals surface area contributed by atoms with Crippen LogP contribution in [0.1, 0.15) is 24.5 Å². The summed E-state index contributed by atoms with van der Waals surface area (Å²) in [6.45, 7) is 5.35. The highest BCUT2D eigenvalue weighted by atomic mass is 16.5. The van der Waals surface area contributed by atoms with Gasteiger partial charge >= 0.3 is 0 Å². The van der Waals surface area contributed by atoms with Crippen LogP contribution in [0, 0.1) is 0 Å². The molecule has 0 unspecified atom stereocenters. The topological polar surface area (TPSA) is 38.5 Å². The molecule has 0 spiro atoms. The second kappa shape index (κ2) is 5.52. The van der Waals surface area contributed by atoms with E-state index in [0.29, 0.717) is 6.04 Å². The predicted molar refractivity (Wildman–Crippen MR) is 70.2 cm³/mol. The first kappa shape index (κ1) is 12.4. The van der Waals surface area contributed by atoms with Gasteiger partial charge in [-0.05, 0) is 36.1 Å². The van der Waals surface area contributed by atoms with Crippen molar-refractivity contribution in [3.63, 3.8) is 0 Å². The maximum Gasteiger partial charge on any atom is 0.119 e. The van der Waals surface area contributed by atoms with Crippen LogP contribution in [0.25, 0.3) is 0 Å². The summed E-state index contributed by atoms with van der Waals surface area (Å²) in [4.78, 5) is 2.44. The summed E-state index contributed by atoms with van der Waals surface area (Å²) in [6, 6.07) is 6.73. The minimum atomic E-state index is 0.360. The van der Waals surface area contributed by atoms with Crippen molar-refractivity contribution >= 4 is 0 Å². The van der Waals surface area contributed by atoms with E-state index in [1.165, 1.54) is 11.1 Å². The van der Waals surface area contributed by atoms with Gasteiger partial charge in [0.05, 0.1) is 7.11 Å². The Morgan fingerprint density at radius 3 is 2.82 bits per heavy atom. The molecule has 1 fully saturated rings. The number of hydrogen-bond donors (Lipinski definition) is 1. The van der Waals surface area contributed by atoms with Gasteiger partial charge in [-0.1, -0.05) is 13.0 Å². The number of likely N-dealkylation sites (tertiary alicyclic amines) is 1. The van der Waals surface area contributed by atoms with Crippen LogP contribution in [0.15, 0.2) is 18.2 Å². The Hall–Kier alpha value is -1.06. The van der Waals surface area contributed by atoms with E-state index in [1.54, 1.807) is 7.11 Å². The molecule has 1 saturated heterocycles. The lowest BCUT2D eigenvalue weighted by molar-refractivity contribution is 0.325. The second-order valence-electron chi connectivity index (χ2n) is 4.77. The molecule has 0 radical (unpaired) electrons. The summed E-state index contributed by atoms with van der Waals surface area (Å²) < 4.78 is 5.27. The van der Waals surface area contributed by atoms with Crippen LogP contribution >= 0.6 is 0 Å². The third-order valence-electron chi connectivity index (χ3n) is 3.50. The molecule has 3 nitrogen and oxygen atoms in total. The van der Waals surface area contributed by atoms with Crippen LogP contribution < -0.4 is 10.5 Å².